The van der Waals surface area contributed by atoms with Crippen LogP contribution in [0.3, 0.4) is 0 Å². The second kappa shape index (κ2) is 5.55. The third kappa shape index (κ3) is 109. The Morgan fingerprint density at radius 3 is 1.14 bits per heavy atom. The van der Waals surface area contributed by atoms with E-state index in [4.69, 9.17) is 17.5 Å². The van der Waals surface area contributed by atoms with Crippen molar-refractivity contribution >= 4 is 10.4 Å². The van der Waals surface area contributed by atoms with Gasteiger partial charge in [-0.3, -0.25) is 9.11 Å². The Balaban J connectivity index is -0.0000000800. The van der Waals surface area contributed by atoms with E-state index in [0.717, 1.165) is 0 Å². The van der Waals surface area contributed by atoms with Crippen LogP contribution in [0, 0.1) is 0 Å². The van der Waals surface area contributed by atoms with Crippen LogP contribution in [0.15, 0.2) is 0 Å². The van der Waals surface area contributed by atoms with Gasteiger partial charge in [0.15, 0.2) is 0 Å². The van der Waals surface area contributed by atoms with Crippen molar-refractivity contribution in [3.8, 4) is 0 Å². The van der Waals surface area contributed by atoms with Gasteiger partial charge < -0.3 is 0 Å². The average molecular weight is 276 g/mol. The minimum atomic E-state index is -4.67. The van der Waals surface area contributed by atoms with Crippen molar-refractivity contribution in [2.45, 2.75) is 0 Å². The van der Waals surface area contributed by atoms with E-state index in [1.54, 1.807) is 0 Å². The van der Waals surface area contributed by atoms with Crippen molar-refractivity contribution in [1.29, 1.82) is 0 Å². The minimum Gasteiger partial charge on any atom is -0.264 e. The van der Waals surface area contributed by atoms with Crippen LogP contribution in [0.1, 0.15) is 0 Å². The van der Waals surface area contributed by atoms with Gasteiger partial charge in [-0.15, -0.1) is 0 Å². The van der Waals surface area contributed by atoms with Gasteiger partial charge in [-0.1, -0.05) is 0 Å². The first-order valence-electron chi connectivity index (χ1n) is 0.698. The molecule has 7 heteroatoms. The van der Waals surface area contributed by atoms with Gasteiger partial charge in [0.2, 0.25) is 0 Å². The molecule has 36 valence electrons. The largest absolute Gasteiger partial charge is 0.394 e. The van der Waals surface area contributed by atoms with Crippen molar-refractivity contribution in [3.05, 3.63) is 0 Å². The molecule has 0 unspecified atom stereocenters. The van der Waals surface area contributed by atoms with Crippen LogP contribution in [0.2, 0.25) is 0 Å². The fourth-order valence-electron chi connectivity index (χ4n) is 0. The van der Waals surface area contributed by atoms with Crippen LogP contribution >= 0.6 is 0 Å². The van der Waals surface area contributed by atoms with Gasteiger partial charge in [-0.05, 0) is 0 Å². The first-order chi connectivity index (χ1) is 2.00. The topological polar surface area (TPSA) is 74.6 Å². The van der Waals surface area contributed by atoms with E-state index in [1.807, 2.05) is 0 Å². The number of hydrogen-bond donors (Lipinski definition) is 2. The molecule has 7 heavy (non-hydrogen) atoms. The van der Waals surface area contributed by atoms with Crippen molar-refractivity contribution in [1.82, 2.24) is 0 Å². The SMILES string of the molecule is O=S(=O)(O)O.[Cd].[Zn]. The summed E-state index contributed by atoms with van der Waals surface area (Å²) in [6.45, 7) is 0. The molecule has 2 N–H and O–H groups in total. The zero-order valence-electron chi connectivity index (χ0n) is 3.53. The van der Waals surface area contributed by atoms with Crippen LogP contribution in [0.25, 0.3) is 0 Å². The molecule has 0 aromatic carbocycles. The van der Waals surface area contributed by atoms with Crippen molar-refractivity contribution in [3.63, 3.8) is 0 Å². The molecular formula is H2CdO4SZn. The monoisotopic (exact) mass is 276 g/mol. The summed E-state index contributed by atoms with van der Waals surface area (Å²) in [7, 11) is -4.67. The molecule has 0 fully saturated rings. The van der Waals surface area contributed by atoms with Crippen molar-refractivity contribution in [2.24, 2.45) is 0 Å². The van der Waals surface area contributed by atoms with Gasteiger partial charge in [0.25, 0.3) is 0 Å². The Morgan fingerprint density at radius 2 is 1.14 bits per heavy atom. The summed E-state index contributed by atoms with van der Waals surface area (Å²) in [6, 6.07) is 0. The zero-order valence-corrected chi connectivity index (χ0v) is 11.4. The van der Waals surface area contributed by atoms with E-state index < -0.39 is 10.4 Å². The molecule has 0 aromatic heterocycles. The molecule has 0 aromatic rings. The van der Waals surface area contributed by atoms with Crippen molar-refractivity contribution < 1.29 is 64.3 Å². The molecule has 0 heterocycles. The van der Waals surface area contributed by atoms with E-state index >= 15 is 0 Å². The molecule has 0 aliphatic carbocycles. The number of hydrogen-bond acceptors (Lipinski definition) is 2. The normalized spacial score (nSPS) is 8.29. The molecule has 0 rings (SSSR count). The quantitative estimate of drug-likeness (QED) is 0.455. The molecule has 0 spiro atoms. The molecular weight excluding hydrogens is 274 g/mol. The van der Waals surface area contributed by atoms with Gasteiger partial charge in [-0.25, -0.2) is 0 Å². The average Bonchev–Trinajstić information content (AvgIpc) is 0.722. The third-order valence-electron chi connectivity index (χ3n) is 0. The van der Waals surface area contributed by atoms with Crippen molar-refractivity contribution in [2.75, 3.05) is 0 Å². The molecule has 0 amide bonds. The second-order valence-electron chi connectivity index (χ2n) is 0.448. The minimum absolute atomic E-state index is 0. The molecule has 0 atom stereocenters. The summed E-state index contributed by atoms with van der Waals surface area (Å²) in [5, 5.41) is 0. The maximum Gasteiger partial charge on any atom is 0.394 e. The maximum atomic E-state index is 8.74. The van der Waals surface area contributed by atoms with E-state index in [2.05, 4.69) is 0 Å². The third-order valence-corrected chi connectivity index (χ3v) is 0. The summed E-state index contributed by atoms with van der Waals surface area (Å²) in [5.41, 5.74) is 0. The smallest absolute Gasteiger partial charge is 0.264 e. The predicted molar refractivity (Wildman–Crippen MR) is 14.2 cm³/mol. The maximum absolute atomic E-state index is 8.74. The van der Waals surface area contributed by atoms with Gasteiger partial charge in [0.05, 0.1) is 0 Å². The Morgan fingerprint density at radius 1 is 1.14 bits per heavy atom. The summed E-state index contributed by atoms with van der Waals surface area (Å²) < 4.78 is 31.6. The molecule has 0 saturated heterocycles. The van der Waals surface area contributed by atoms with Crippen LogP contribution in [-0.4, -0.2) is 17.5 Å². The first-order valence-corrected chi connectivity index (χ1v) is 2.10. The molecule has 0 saturated carbocycles. The van der Waals surface area contributed by atoms with Crippen LogP contribution < -0.4 is 0 Å². The standard InChI is InChI=1S/Cd.H2O4S.Zn/c;1-5(2,3)4;/h;(H2,1,2,3,4);. The Bertz CT molecular complexity index is 94.9. The zero-order chi connectivity index (χ0) is 4.50. The van der Waals surface area contributed by atoms with Gasteiger partial charge in [0, 0.05) is 46.8 Å². The van der Waals surface area contributed by atoms with Gasteiger partial charge in [-0.2, -0.15) is 8.42 Å². The summed E-state index contributed by atoms with van der Waals surface area (Å²) in [6.07, 6.45) is 0. The Kier molecular flexibility index (Phi) is 12.5. The van der Waals surface area contributed by atoms with E-state index in [-0.39, 0.29) is 46.8 Å². The summed E-state index contributed by atoms with van der Waals surface area (Å²) in [5.74, 6) is 0. The molecule has 4 nitrogen and oxygen atoms in total. The summed E-state index contributed by atoms with van der Waals surface area (Å²) >= 11 is 0. The molecule has 0 aliphatic heterocycles. The molecule has 0 bridgehead atoms. The van der Waals surface area contributed by atoms with Crippen LogP contribution in [0.5, 0.6) is 0 Å². The fourth-order valence-corrected chi connectivity index (χ4v) is 0. The Labute approximate surface area is 74.2 Å². The predicted octanol–water partition coefficient (Wildman–Crippen LogP) is -0.658. The molecule has 0 aliphatic rings. The van der Waals surface area contributed by atoms with Gasteiger partial charge in [0.1, 0.15) is 0 Å². The Hall–Kier alpha value is 1.42. The van der Waals surface area contributed by atoms with Crippen LogP contribution in [0.4, 0.5) is 0 Å². The van der Waals surface area contributed by atoms with Crippen LogP contribution in [-0.2, 0) is 57.2 Å². The van der Waals surface area contributed by atoms with E-state index in [9.17, 15) is 0 Å². The van der Waals surface area contributed by atoms with E-state index in [1.165, 1.54) is 0 Å². The summed E-state index contributed by atoms with van der Waals surface area (Å²) in [4.78, 5) is 0. The molecule has 0 radical (unpaired) electrons. The first kappa shape index (κ1) is 15.8. The second-order valence-corrected chi connectivity index (χ2v) is 1.34. The van der Waals surface area contributed by atoms with Gasteiger partial charge >= 0.3 is 10.4 Å². The van der Waals surface area contributed by atoms with E-state index in [0.29, 0.717) is 0 Å². The number of rotatable bonds is 0. The fraction of sp³-hybridized carbons (Fsp3) is 0.